The summed E-state index contributed by atoms with van der Waals surface area (Å²) in [6, 6.07) is 8.08. The summed E-state index contributed by atoms with van der Waals surface area (Å²) in [5.41, 5.74) is 4.91. The molecule has 0 saturated heterocycles. The number of carboxylic acids is 1. The number of aliphatic carboxylic acids is 1. The summed E-state index contributed by atoms with van der Waals surface area (Å²) in [5.74, 6) is -0.872. The maximum absolute atomic E-state index is 11.2. The molecule has 2 atom stereocenters. The average Bonchev–Trinajstić information content (AvgIpc) is 2.32. The topological polar surface area (TPSA) is 63.3 Å². The van der Waals surface area contributed by atoms with Gasteiger partial charge in [0.05, 0.1) is 0 Å². The van der Waals surface area contributed by atoms with Crippen LogP contribution in [0.15, 0.2) is 33.6 Å². The minimum Gasteiger partial charge on any atom is -0.480 e. The van der Waals surface area contributed by atoms with Crippen molar-refractivity contribution in [3.8, 4) is 0 Å². The number of nitrogens with two attached hydrogens (primary N) is 1. The van der Waals surface area contributed by atoms with Crippen LogP contribution < -0.4 is 5.73 Å². The average molecular weight is 330 g/mol. The van der Waals surface area contributed by atoms with Crippen molar-refractivity contribution in [3.63, 3.8) is 0 Å². The van der Waals surface area contributed by atoms with Gasteiger partial charge in [-0.1, -0.05) is 15.9 Å². The molecule has 1 aromatic carbocycles. The van der Waals surface area contributed by atoms with Gasteiger partial charge in [-0.25, -0.2) is 0 Å². The molecular weight excluding hydrogens is 314 g/mol. The summed E-state index contributed by atoms with van der Waals surface area (Å²) in [6.45, 7) is 0. The Morgan fingerprint density at radius 2 is 2.11 bits per heavy atom. The zero-order valence-corrected chi connectivity index (χ0v) is 12.3. The number of hydrogen-bond acceptors (Lipinski definition) is 3. The minimum atomic E-state index is -1.04. The first kappa shape index (κ1) is 13.9. The molecule has 1 saturated carbocycles. The maximum atomic E-state index is 11.2. The lowest BCUT2D eigenvalue weighted by atomic mass is 9.82. The van der Waals surface area contributed by atoms with Gasteiger partial charge in [0, 0.05) is 14.6 Å². The monoisotopic (exact) mass is 329 g/mol. The van der Waals surface area contributed by atoms with Gasteiger partial charge in [-0.3, -0.25) is 4.79 Å². The molecule has 18 heavy (non-hydrogen) atoms. The summed E-state index contributed by atoms with van der Waals surface area (Å²) < 4.78 is 1.05. The van der Waals surface area contributed by atoms with E-state index in [4.69, 9.17) is 5.73 Å². The molecule has 3 N–H and O–H groups in total. The first-order valence-corrected chi connectivity index (χ1v) is 7.61. The zero-order chi connectivity index (χ0) is 13.2. The molecule has 0 aliphatic heterocycles. The third-order valence-electron chi connectivity index (χ3n) is 3.28. The van der Waals surface area contributed by atoms with Gasteiger partial charge >= 0.3 is 5.97 Å². The number of carbonyl (C=O) groups is 1. The molecule has 0 radical (unpaired) electrons. The summed E-state index contributed by atoms with van der Waals surface area (Å²) >= 11 is 5.13. The summed E-state index contributed by atoms with van der Waals surface area (Å²) in [6.07, 6.45) is 3.05. The van der Waals surface area contributed by atoms with Crippen LogP contribution in [-0.2, 0) is 4.79 Å². The van der Waals surface area contributed by atoms with Crippen LogP contribution in [0.5, 0.6) is 0 Å². The summed E-state index contributed by atoms with van der Waals surface area (Å²) in [7, 11) is 0. The van der Waals surface area contributed by atoms with Crippen LogP contribution in [0.3, 0.4) is 0 Å². The minimum absolute atomic E-state index is 0.293. The SMILES string of the molecule is NC1(C(=O)O)CCCC(Sc2ccc(Br)cc2)C1. The number of rotatable bonds is 3. The van der Waals surface area contributed by atoms with E-state index in [0.29, 0.717) is 18.1 Å². The third kappa shape index (κ3) is 3.28. The molecule has 0 spiro atoms. The van der Waals surface area contributed by atoms with Gasteiger partial charge in [0.25, 0.3) is 0 Å². The van der Waals surface area contributed by atoms with Crippen molar-refractivity contribution in [2.24, 2.45) is 5.73 Å². The third-order valence-corrected chi connectivity index (χ3v) is 5.09. The van der Waals surface area contributed by atoms with Gasteiger partial charge in [-0.05, 0) is 49.9 Å². The second-order valence-electron chi connectivity index (χ2n) is 4.75. The van der Waals surface area contributed by atoms with Crippen LogP contribution in [0, 0.1) is 0 Å². The molecule has 2 unspecified atom stereocenters. The Morgan fingerprint density at radius 3 is 2.72 bits per heavy atom. The van der Waals surface area contributed by atoms with Gasteiger partial charge in [0.15, 0.2) is 0 Å². The van der Waals surface area contributed by atoms with E-state index >= 15 is 0 Å². The van der Waals surface area contributed by atoms with E-state index in [1.165, 1.54) is 0 Å². The van der Waals surface area contributed by atoms with Crippen molar-refractivity contribution in [3.05, 3.63) is 28.7 Å². The highest BCUT2D eigenvalue weighted by atomic mass is 79.9. The quantitative estimate of drug-likeness (QED) is 0.893. The number of benzene rings is 1. The first-order chi connectivity index (χ1) is 8.49. The van der Waals surface area contributed by atoms with E-state index in [2.05, 4.69) is 15.9 Å². The molecule has 3 nitrogen and oxygen atoms in total. The first-order valence-electron chi connectivity index (χ1n) is 5.94. The summed E-state index contributed by atoms with van der Waals surface area (Å²) in [5, 5.41) is 9.47. The molecule has 98 valence electrons. The second-order valence-corrected chi connectivity index (χ2v) is 7.04. The van der Waals surface area contributed by atoms with Gasteiger partial charge in [0.1, 0.15) is 5.54 Å². The van der Waals surface area contributed by atoms with E-state index in [-0.39, 0.29) is 0 Å². The zero-order valence-electron chi connectivity index (χ0n) is 9.93. The van der Waals surface area contributed by atoms with Crippen molar-refractivity contribution in [1.29, 1.82) is 0 Å². The molecule has 0 amide bonds. The van der Waals surface area contributed by atoms with Gasteiger partial charge in [-0.15, -0.1) is 11.8 Å². The van der Waals surface area contributed by atoms with Crippen molar-refractivity contribution in [1.82, 2.24) is 0 Å². The normalized spacial score (nSPS) is 28.0. The lowest BCUT2D eigenvalue weighted by molar-refractivity contribution is -0.144. The standard InChI is InChI=1S/C13H16BrNO2S/c14-9-3-5-10(6-4-9)18-11-2-1-7-13(15,8-11)12(16)17/h3-6,11H,1-2,7-8,15H2,(H,16,17). The van der Waals surface area contributed by atoms with Gasteiger partial charge in [0.2, 0.25) is 0 Å². The van der Waals surface area contributed by atoms with Crippen molar-refractivity contribution in [2.45, 2.75) is 41.4 Å². The Bertz CT molecular complexity index is 437. The lowest BCUT2D eigenvalue weighted by Gasteiger charge is -2.34. The highest BCUT2D eigenvalue weighted by Crippen LogP contribution is 2.37. The molecule has 1 aliphatic rings. The molecular formula is C13H16BrNO2S. The molecule has 2 rings (SSSR count). The van der Waals surface area contributed by atoms with E-state index in [0.717, 1.165) is 22.2 Å². The fourth-order valence-corrected chi connectivity index (χ4v) is 3.86. The van der Waals surface area contributed by atoms with Crippen molar-refractivity contribution >= 4 is 33.7 Å². The molecule has 1 fully saturated rings. The number of halogens is 1. The largest absolute Gasteiger partial charge is 0.480 e. The van der Waals surface area contributed by atoms with Crippen LogP contribution in [0.4, 0.5) is 0 Å². The van der Waals surface area contributed by atoms with Crippen LogP contribution in [0.25, 0.3) is 0 Å². The highest BCUT2D eigenvalue weighted by molar-refractivity contribution is 9.10. The fourth-order valence-electron chi connectivity index (χ4n) is 2.26. The second kappa shape index (κ2) is 5.63. The molecule has 1 aromatic rings. The Kier molecular flexibility index (Phi) is 4.35. The van der Waals surface area contributed by atoms with Crippen LogP contribution in [-0.4, -0.2) is 21.9 Å². The maximum Gasteiger partial charge on any atom is 0.323 e. The Labute approximate surface area is 119 Å². The van der Waals surface area contributed by atoms with Crippen molar-refractivity contribution < 1.29 is 9.90 Å². The van der Waals surface area contributed by atoms with Crippen LogP contribution >= 0.6 is 27.7 Å². The molecule has 5 heteroatoms. The molecule has 0 bridgehead atoms. The Balaban J connectivity index is 2.02. The van der Waals surface area contributed by atoms with Gasteiger partial charge < -0.3 is 10.8 Å². The lowest BCUT2D eigenvalue weighted by Crippen LogP contribution is -2.51. The van der Waals surface area contributed by atoms with E-state index < -0.39 is 11.5 Å². The molecule has 1 aliphatic carbocycles. The molecule has 0 aromatic heterocycles. The van der Waals surface area contributed by atoms with E-state index in [1.54, 1.807) is 11.8 Å². The van der Waals surface area contributed by atoms with E-state index in [9.17, 15) is 9.90 Å². The van der Waals surface area contributed by atoms with Crippen molar-refractivity contribution in [2.75, 3.05) is 0 Å². The van der Waals surface area contributed by atoms with Crippen LogP contribution in [0.2, 0.25) is 0 Å². The number of carboxylic acid groups (broad SMARTS) is 1. The number of thioether (sulfide) groups is 1. The Hall–Kier alpha value is -0.520. The van der Waals surface area contributed by atoms with Gasteiger partial charge in [-0.2, -0.15) is 0 Å². The van der Waals surface area contributed by atoms with Crippen LogP contribution in [0.1, 0.15) is 25.7 Å². The summed E-state index contributed by atoms with van der Waals surface area (Å²) in [4.78, 5) is 12.3. The predicted molar refractivity (Wildman–Crippen MR) is 76.8 cm³/mol. The highest BCUT2D eigenvalue weighted by Gasteiger charge is 2.39. The van der Waals surface area contributed by atoms with E-state index in [1.807, 2.05) is 24.3 Å². The smallest absolute Gasteiger partial charge is 0.323 e. The molecule has 0 heterocycles. The fraction of sp³-hybridized carbons (Fsp3) is 0.462. The Morgan fingerprint density at radius 1 is 1.44 bits per heavy atom. The predicted octanol–water partition coefficient (Wildman–Crippen LogP) is 3.27. The number of hydrogen-bond donors (Lipinski definition) is 2.